The molecule has 0 bridgehead atoms. The first-order chi connectivity index (χ1) is 7.70. The van der Waals surface area contributed by atoms with Gasteiger partial charge >= 0.3 is 11.9 Å². The Morgan fingerprint density at radius 1 is 0.812 bits per heavy atom. The molecule has 0 rings (SSSR count). The highest BCUT2D eigenvalue weighted by Crippen LogP contribution is 1.98. The lowest BCUT2D eigenvalue weighted by atomic mass is 10.3. The topological polar surface area (TPSA) is 52.6 Å². The summed E-state index contributed by atoms with van der Waals surface area (Å²) in [4.78, 5) is 22.1. The molecule has 0 aliphatic carbocycles. The summed E-state index contributed by atoms with van der Waals surface area (Å²) in [5.74, 6) is -0.507. The third kappa shape index (κ3) is 10.4. The fourth-order valence-corrected chi connectivity index (χ4v) is 1.44. The van der Waals surface area contributed by atoms with Crippen LogP contribution < -0.4 is 0 Å². The lowest BCUT2D eigenvalue weighted by molar-refractivity contribution is -0.152. The van der Waals surface area contributed by atoms with Crippen LogP contribution in [0.5, 0.6) is 0 Å². The van der Waals surface area contributed by atoms with Crippen LogP contribution in [-0.4, -0.2) is 35.8 Å². The van der Waals surface area contributed by atoms with E-state index in [9.17, 15) is 9.59 Å². The molecule has 0 aliphatic heterocycles. The molecule has 0 aromatic heterocycles. The summed E-state index contributed by atoms with van der Waals surface area (Å²) in [6.07, 6.45) is 2.29. The molecule has 0 radical (unpaired) electrons. The highest BCUT2D eigenvalue weighted by atomic mass is 79.9. The Hall–Kier alpha value is -0.100. The number of hydrogen-bond acceptors (Lipinski definition) is 4. The van der Waals surface area contributed by atoms with Gasteiger partial charge < -0.3 is 9.47 Å². The van der Waals surface area contributed by atoms with Crippen LogP contribution in [0.2, 0.25) is 0 Å². The van der Waals surface area contributed by atoms with E-state index in [0.717, 1.165) is 23.5 Å². The molecule has 94 valence electrons. The quantitative estimate of drug-likeness (QED) is 0.360. The first-order valence-corrected chi connectivity index (χ1v) is 7.38. The van der Waals surface area contributed by atoms with E-state index in [-0.39, 0.29) is 25.2 Å². The molecule has 0 saturated heterocycles. The van der Waals surface area contributed by atoms with Crippen LogP contribution in [0, 0.1) is 0 Å². The standard InChI is InChI=1S/C10H16Br2O4/c11-5-1-3-9(13)15-7-8-16-10(14)4-2-6-12/h1-8H2. The molecule has 0 aliphatic rings. The van der Waals surface area contributed by atoms with E-state index in [1.54, 1.807) is 0 Å². The third-order valence-corrected chi connectivity index (χ3v) is 2.76. The lowest BCUT2D eigenvalue weighted by Gasteiger charge is -2.05. The Kier molecular flexibility index (Phi) is 11.3. The Balaban J connectivity index is 3.31. The van der Waals surface area contributed by atoms with Crippen molar-refractivity contribution in [2.45, 2.75) is 25.7 Å². The van der Waals surface area contributed by atoms with Gasteiger partial charge in [-0.3, -0.25) is 9.59 Å². The Bertz CT molecular complexity index is 187. The molecule has 0 saturated carbocycles. The fourth-order valence-electron chi connectivity index (χ4n) is 0.878. The van der Waals surface area contributed by atoms with Crippen molar-refractivity contribution in [3.8, 4) is 0 Å². The van der Waals surface area contributed by atoms with Gasteiger partial charge in [-0.15, -0.1) is 0 Å². The molecule has 4 nitrogen and oxygen atoms in total. The third-order valence-electron chi connectivity index (χ3n) is 1.64. The van der Waals surface area contributed by atoms with Crippen molar-refractivity contribution in [1.82, 2.24) is 0 Å². The van der Waals surface area contributed by atoms with Gasteiger partial charge in [0.05, 0.1) is 0 Å². The van der Waals surface area contributed by atoms with Crippen molar-refractivity contribution in [3.05, 3.63) is 0 Å². The number of hydrogen-bond donors (Lipinski definition) is 0. The van der Waals surface area contributed by atoms with Crippen molar-refractivity contribution in [1.29, 1.82) is 0 Å². The highest BCUT2D eigenvalue weighted by molar-refractivity contribution is 9.09. The van der Waals surface area contributed by atoms with Crippen molar-refractivity contribution in [2.75, 3.05) is 23.9 Å². The van der Waals surface area contributed by atoms with Gasteiger partial charge in [-0.1, -0.05) is 31.9 Å². The summed E-state index contributed by atoms with van der Waals surface area (Å²) in [5.41, 5.74) is 0. The van der Waals surface area contributed by atoms with Crippen molar-refractivity contribution >= 4 is 43.8 Å². The Morgan fingerprint density at radius 3 is 1.50 bits per heavy atom. The van der Waals surface area contributed by atoms with E-state index in [0.29, 0.717) is 12.8 Å². The number of esters is 2. The lowest BCUT2D eigenvalue weighted by Crippen LogP contribution is -2.13. The second-order valence-corrected chi connectivity index (χ2v) is 4.61. The maximum absolute atomic E-state index is 11.0. The molecule has 0 atom stereocenters. The first-order valence-electron chi connectivity index (χ1n) is 5.14. The van der Waals surface area contributed by atoms with Gasteiger partial charge in [-0.2, -0.15) is 0 Å². The molecule has 0 fully saturated rings. The van der Waals surface area contributed by atoms with Crippen LogP contribution in [-0.2, 0) is 19.1 Å². The van der Waals surface area contributed by atoms with Gasteiger partial charge in [0, 0.05) is 23.5 Å². The molecule has 0 N–H and O–H groups in total. The number of alkyl halides is 2. The predicted molar refractivity (Wildman–Crippen MR) is 68.0 cm³/mol. The van der Waals surface area contributed by atoms with Gasteiger partial charge in [0.1, 0.15) is 13.2 Å². The molecule has 0 unspecified atom stereocenters. The van der Waals surface area contributed by atoms with E-state index in [1.807, 2.05) is 0 Å². The van der Waals surface area contributed by atoms with Gasteiger partial charge in [0.2, 0.25) is 0 Å². The molecular formula is C10H16Br2O4. The zero-order valence-electron chi connectivity index (χ0n) is 9.05. The highest BCUT2D eigenvalue weighted by Gasteiger charge is 2.04. The molecule has 0 aromatic carbocycles. The number of carbonyl (C=O) groups excluding carboxylic acids is 2. The summed E-state index contributed by atoms with van der Waals surface area (Å²) in [6.45, 7) is 0.280. The van der Waals surface area contributed by atoms with E-state index >= 15 is 0 Å². The van der Waals surface area contributed by atoms with Gasteiger partial charge in [0.15, 0.2) is 0 Å². The maximum atomic E-state index is 11.0. The smallest absolute Gasteiger partial charge is 0.305 e. The fraction of sp³-hybridized carbons (Fsp3) is 0.800. The van der Waals surface area contributed by atoms with E-state index < -0.39 is 0 Å². The average molecular weight is 360 g/mol. The van der Waals surface area contributed by atoms with Crippen LogP contribution in [0.15, 0.2) is 0 Å². The number of carbonyl (C=O) groups is 2. The maximum Gasteiger partial charge on any atom is 0.305 e. The van der Waals surface area contributed by atoms with Crippen molar-refractivity contribution in [2.24, 2.45) is 0 Å². The Labute approximate surface area is 112 Å². The molecule has 0 spiro atoms. The summed E-state index contributed by atoms with van der Waals surface area (Å²) >= 11 is 6.44. The SMILES string of the molecule is O=C(CCCBr)OCCOC(=O)CCCBr. The van der Waals surface area contributed by atoms with E-state index in [1.165, 1.54) is 0 Å². The number of ether oxygens (including phenoxy) is 2. The van der Waals surface area contributed by atoms with Gasteiger partial charge in [-0.05, 0) is 12.8 Å². The normalized spacial score (nSPS) is 9.88. The average Bonchev–Trinajstić information content (AvgIpc) is 2.29. The Morgan fingerprint density at radius 2 is 1.19 bits per heavy atom. The summed E-state index contributed by atoms with van der Waals surface area (Å²) in [7, 11) is 0. The van der Waals surface area contributed by atoms with Crippen LogP contribution in [0.1, 0.15) is 25.7 Å². The molecular weight excluding hydrogens is 344 g/mol. The number of rotatable bonds is 9. The second-order valence-electron chi connectivity index (χ2n) is 3.03. The minimum atomic E-state index is -0.254. The van der Waals surface area contributed by atoms with Crippen LogP contribution in [0.25, 0.3) is 0 Å². The number of halogens is 2. The van der Waals surface area contributed by atoms with Crippen molar-refractivity contribution in [3.63, 3.8) is 0 Å². The van der Waals surface area contributed by atoms with Gasteiger partial charge in [0.25, 0.3) is 0 Å². The van der Waals surface area contributed by atoms with Crippen LogP contribution in [0.4, 0.5) is 0 Å². The minimum Gasteiger partial charge on any atom is -0.462 e. The largest absolute Gasteiger partial charge is 0.462 e. The summed E-state index contributed by atoms with van der Waals surface area (Å²) < 4.78 is 9.71. The van der Waals surface area contributed by atoms with Gasteiger partial charge in [-0.25, -0.2) is 0 Å². The first kappa shape index (κ1) is 15.9. The van der Waals surface area contributed by atoms with E-state index in [2.05, 4.69) is 31.9 Å². The summed E-state index contributed by atoms with van der Waals surface area (Å²) in [5, 5.41) is 1.56. The monoisotopic (exact) mass is 358 g/mol. The van der Waals surface area contributed by atoms with E-state index in [4.69, 9.17) is 9.47 Å². The molecule has 0 heterocycles. The zero-order chi connectivity index (χ0) is 12.2. The minimum absolute atomic E-state index is 0.140. The van der Waals surface area contributed by atoms with Crippen molar-refractivity contribution < 1.29 is 19.1 Å². The molecule has 6 heteroatoms. The molecule has 16 heavy (non-hydrogen) atoms. The van der Waals surface area contributed by atoms with Crippen LogP contribution in [0.3, 0.4) is 0 Å². The molecule has 0 amide bonds. The van der Waals surface area contributed by atoms with Crippen LogP contribution >= 0.6 is 31.9 Å². The summed E-state index contributed by atoms with van der Waals surface area (Å²) in [6, 6.07) is 0. The second kappa shape index (κ2) is 11.4. The predicted octanol–water partition coefficient (Wildman–Crippen LogP) is 2.42. The molecule has 0 aromatic rings. The zero-order valence-corrected chi connectivity index (χ0v) is 12.2.